The van der Waals surface area contributed by atoms with Crippen molar-refractivity contribution >= 4 is 70.6 Å². The summed E-state index contributed by atoms with van der Waals surface area (Å²) in [5, 5.41) is 0. The largest absolute Gasteiger partial charge is 0.299 e. The molecule has 1 aromatic heterocycles. The number of Topliss-reactive ketones (excluding diaryl/α,β-unsaturated/α-hetero) is 1. The van der Waals surface area contributed by atoms with Gasteiger partial charge in [0.15, 0.2) is 11.1 Å². The van der Waals surface area contributed by atoms with Crippen LogP contribution in [0.25, 0.3) is 0 Å². The monoisotopic (exact) mass is 501 g/mol. The van der Waals surface area contributed by atoms with Crippen molar-refractivity contribution in [3.8, 4) is 0 Å². The van der Waals surface area contributed by atoms with Crippen molar-refractivity contribution in [3.63, 3.8) is 0 Å². The zero-order chi connectivity index (χ0) is 28.1. The summed E-state index contributed by atoms with van der Waals surface area (Å²) in [7, 11) is 12.6. The van der Waals surface area contributed by atoms with E-state index in [-0.39, 0.29) is 29.3 Å². The minimum Gasteiger partial charge on any atom is -0.299 e. The molecular weight excluding hydrogens is 464 g/mol. The van der Waals surface area contributed by atoms with Gasteiger partial charge >= 0.3 is 72.9 Å². The number of carbonyl (C=O) groups is 4. The summed E-state index contributed by atoms with van der Waals surface area (Å²) in [6, 6.07) is 0. The molecule has 3 amide bonds. The first-order valence-electron chi connectivity index (χ1n) is 10.9. The van der Waals surface area contributed by atoms with E-state index in [2.05, 4.69) is 33.4 Å². The van der Waals surface area contributed by atoms with Gasteiger partial charge in [-0.05, 0) is 6.92 Å². The maximum absolute atomic E-state index is 11.0. The Labute approximate surface area is 217 Å². The van der Waals surface area contributed by atoms with Gasteiger partial charge in [-0.1, -0.05) is 13.8 Å². The average Bonchev–Trinajstić information content (AvgIpc) is 3.27. The Kier molecular flexibility index (Phi) is 24.3. The molecule has 15 heteroatoms. The molecule has 0 aromatic carbocycles. The number of nitrogens with zero attached hydrogens (tertiary/aromatic N) is 3. The van der Waals surface area contributed by atoms with Crippen molar-refractivity contribution in [1.29, 1.82) is 0 Å². The van der Waals surface area contributed by atoms with Crippen LogP contribution in [0.5, 0.6) is 0 Å². The average molecular weight is 501 g/mol. The fourth-order valence-corrected chi connectivity index (χ4v) is 2.75. The Morgan fingerprint density at radius 1 is 1.00 bits per heavy atom. The number of hydrogen-bond donors (Lipinski definition) is 0. The molecule has 0 saturated carbocycles. The van der Waals surface area contributed by atoms with Crippen LogP contribution in [0.3, 0.4) is 0 Å². The predicted octanol–water partition coefficient (Wildman–Crippen LogP) is -0.386. The third kappa shape index (κ3) is 19.0. The van der Waals surface area contributed by atoms with Gasteiger partial charge < -0.3 is 9.80 Å². The van der Waals surface area contributed by atoms with Gasteiger partial charge in [0, 0.05) is 43.4 Å². The van der Waals surface area contributed by atoms with Crippen LogP contribution in [0.2, 0.25) is 0 Å². The molecule has 0 fully saturated rings. The summed E-state index contributed by atoms with van der Waals surface area (Å²) in [4.78, 5) is 47.4. The molecule has 1 atom stereocenters. The number of fused-ring (bicyclic) bond motifs is 1. The van der Waals surface area contributed by atoms with Gasteiger partial charge in [0.25, 0.3) is 0 Å². The van der Waals surface area contributed by atoms with E-state index in [1.165, 1.54) is 48.6 Å². The van der Waals surface area contributed by atoms with Gasteiger partial charge in [-0.25, -0.2) is 4.21 Å². The molecule has 188 valence electrons. The van der Waals surface area contributed by atoms with Crippen LogP contribution < -0.4 is 0 Å². The van der Waals surface area contributed by atoms with Gasteiger partial charge in [-0.3, -0.25) is 18.6 Å². The summed E-state index contributed by atoms with van der Waals surface area (Å²) < 4.78 is 14.6. The van der Waals surface area contributed by atoms with E-state index in [9.17, 15) is 23.4 Å². The van der Waals surface area contributed by atoms with Gasteiger partial charge in [-0.15, -0.1) is 0 Å². The molecule has 2 heterocycles. The van der Waals surface area contributed by atoms with Gasteiger partial charge in [0.1, 0.15) is 11.5 Å². The molecule has 9 nitrogen and oxygen atoms in total. The third-order valence-electron chi connectivity index (χ3n) is 4.29. The van der Waals surface area contributed by atoms with Crippen molar-refractivity contribution in [2.75, 3.05) is 33.6 Å². The molecule has 0 saturated heterocycles. The van der Waals surface area contributed by atoms with Crippen LogP contribution in [-0.4, -0.2) is 112 Å². The number of ketones is 1. The van der Waals surface area contributed by atoms with E-state index in [4.69, 9.17) is 0 Å². The molecule has 1 aliphatic rings. The molecule has 1 unspecified atom stereocenters. The smallest absolute Gasteiger partial charge is 0.162 e. The second-order valence-electron chi connectivity index (χ2n) is 7.04. The fourth-order valence-electron chi connectivity index (χ4n) is 2.30. The Bertz CT molecular complexity index is 776. The van der Waals surface area contributed by atoms with Gasteiger partial charge in [-0.2, -0.15) is 0 Å². The van der Waals surface area contributed by atoms with Crippen LogP contribution in [0.4, 0.5) is 0 Å². The minimum absolute atomic E-state index is 0.00347. The second kappa shape index (κ2) is 22.6. The van der Waals surface area contributed by atoms with Crippen LogP contribution in [0.1, 0.15) is 52.5 Å². The Hall–Kier alpha value is -1.88. The van der Waals surface area contributed by atoms with Crippen molar-refractivity contribution in [3.05, 3.63) is 16.8 Å². The van der Waals surface area contributed by atoms with Gasteiger partial charge in [0.2, 0.25) is 11.8 Å². The van der Waals surface area contributed by atoms with Crippen molar-refractivity contribution < 1.29 is 27.6 Å². The van der Waals surface area contributed by atoms with Crippen LogP contribution >= 0.6 is 0 Å². The Balaban J connectivity index is -0.000000417. The normalized spacial score (nSPS) is 10.8. The van der Waals surface area contributed by atoms with E-state index >= 15 is 0 Å². The molecule has 1 aromatic rings. The molecule has 4 radical (unpaired) electrons. The number of carbonyl (C=O) groups excluding carboxylic acids is 4. The second-order valence-corrected chi connectivity index (χ2v) is 8.27. The fraction of sp³-hybridized carbons (Fsp3) is 0.650. The summed E-state index contributed by atoms with van der Waals surface area (Å²) in [5.74, 6) is 1.96. The molecule has 35 heavy (non-hydrogen) atoms. The number of amides is 3. The van der Waals surface area contributed by atoms with Crippen molar-refractivity contribution in [1.82, 2.24) is 14.7 Å². The first-order chi connectivity index (χ1) is 16.4. The van der Waals surface area contributed by atoms with Crippen molar-refractivity contribution in [2.24, 2.45) is 0 Å². The third-order valence-corrected chi connectivity index (χ3v) is 5.31. The SMILES string of the molecule is CC.CC(=O)N(C)CN(C)C(C)=O.CC(=O)N1Cc2bbcbc2C1.COS(=O)CC(C)=O.[B][B]. The van der Waals surface area contributed by atoms with E-state index in [1.54, 1.807) is 21.0 Å². The standard InChI is InChI=1S/C7H8B3NO.C7H14N2O2.C4H8O3S.C2H6.B2/c1-5(12)11-2-6-7(3-11)10-9-4-8-6;1-6(10)8(3)5-9(4)7(2)11;1-4(5)3-8(6)7-2;2*1-2/h4H,2-3H2,1H3;5H2,1-4H3;3H2,1-2H3;1-2H3;. The van der Waals surface area contributed by atoms with Crippen molar-refractivity contribution in [2.45, 2.75) is 54.6 Å². The summed E-state index contributed by atoms with van der Waals surface area (Å²) >= 11 is -1.41. The molecule has 0 spiro atoms. The number of rotatable bonds is 5. The first kappa shape index (κ1) is 37.7. The predicted molar refractivity (Wildman–Crippen MR) is 146 cm³/mol. The van der Waals surface area contributed by atoms with E-state index in [0.29, 0.717) is 6.67 Å². The quantitative estimate of drug-likeness (QED) is 0.403. The topological polar surface area (TPSA) is 104 Å². The maximum Gasteiger partial charge on any atom is 0.162 e. The van der Waals surface area contributed by atoms with Crippen LogP contribution in [0.15, 0.2) is 5.86 Å². The van der Waals surface area contributed by atoms with Crippen LogP contribution in [-0.2, 0) is 47.5 Å². The molecule has 0 bridgehead atoms. The zero-order valence-corrected chi connectivity index (χ0v) is 23.3. The van der Waals surface area contributed by atoms with Gasteiger partial charge in [0.05, 0.1) is 13.8 Å². The molecule has 0 aliphatic carbocycles. The summed E-state index contributed by atoms with van der Waals surface area (Å²) in [6.07, 6.45) is 0. The minimum atomic E-state index is -1.41. The maximum atomic E-state index is 11.0. The number of hydrogen-bond acceptors (Lipinski definition) is 6. The van der Waals surface area contributed by atoms with E-state index < -0.39 is 11.1 Å². The Morgan fingerprint density at radius 3 is 1.77 bits per heavy atom. The van der Waals surface area contributed by atoms with Crippen LogP contribution in [0, 0.1) is 0 Å². The first-order valence-corrected chi connectivity index (χ1v) is 12.1. The molecule has 2 rings (SSSR count). The van der Waals surface area contributed by atoms with E-state index in [1.807, 2.05) is 31.4 Å². The molecule has 1 aliphatic heterocycles. The molecule has 0 N–H and O–H groups in total. The van der Waals surface area contributed by atoms with E-state index in [0.717, 1.165) is 13.1 Å². The molecular formula is C20H36B5N3O6S. The summed E-state index contributed by atoms with van der Waals surface area (Å²) in [5.41, 5.74) is 2.57. The zero-order valence-electron chi connectivity index (χ0n) is 22.5. The Morgan fingerprint density at radius 2 is 1.46 bits per heavy atom. The summed E-state index contributed by atoms with van der Waals surface area (Å²) in [6.45, 7) is 18.0.